The Balaban J connectivity index is 2.20. The molecule has 86 valence electrons. The average molecular weight is 222 g/mol. The van der Waals surface area contributed by atoms with E-state index < -0.39 is 0 Å². The second-order valence-corrected chi connectivity index (χ2v) is 5.50. The summed E-state index contributed by atoms with van der Waals surface area (Å²) in [5.74, 6) is 0.503. The van der Waals surface area contributed by atoms with Crippen molar-refractivity contribution >= 4 is 6.08 Å². The van der Waals surface area contributed by atoms with Crippen LogP contribution in [-0.4, -0.2) is 0 Å². The number of hydrogen-bond donors (Lipinski definition) is 0. The lowest BCUT2D eigenvalue weighted by Crippen LogP contribution is -2.32. The molecule has 2 unspecified atom stereocenters. The van der Waals surface area contributed by atoms with E-state index in [1.54, 1.807) is 0 Å². The molecule has 0 N–H and O–H groups in total. The Bertz CT molecular complexity index is 557. The van der Waals surface area contributed by atoms with E-state index in [9.17, 15) is 0 Å². The molecule has 0 fully saturated rings. The molecule has 0 spiro atoms. The summed E-state index contributed by atoms with van der Waals surface area (Å²) >= 11 is 0. The molecule has 0 radical (unpaired) electrons. The van der Waals surface area contributed by atoms with E-state index in [0.717, 1.165) is 0 Å². The molecule has 17 heavy (non-hydrogen) atoms. The second-order valence-electron chi connectivity index (χ2n) is 5.50. The van der Waals surface area contributed by atoms with Crippen LogP contribution < -0.4 is 0 Å². The van der Waals surface area contributed by atoms with Crippen LogP contribution in [0.5, 0.6) is 0 Å². The first-order chi connectivity index (χ1) is 8.09. The zero-order valence-electron chi connectivity index (χ0n) is 10.7. The highest BCUT2D eigenvalue weighted by molar-refractivity contribution is 5.64. The van der Waals surface area contributed by atoms with Gasteiger partial charge >= 0.3 is 0 Å². The van der Waals surface area contributed by atoms with Crippen molar-refractivity contribution in [2.45, 2.75) is 26.2 Å². The van der Waals surface area contributed by atoms with Crippen molar-refractivity contribution in [2.75, 3.05) is 0 Å². The van der Waals surface area contributed by atoms with E-state index in [0.29, 0.717) is 5.92 Å². The molecule has 3 rings (SSSR count). The van der Waals surface area contributed by atoms with E-state index >= 15 is 0 Å². The molecule has 0 amide bonds. The fraction of sp³-hybridized carbons (Fsp3) is 0.294. The van der Waals surface area contributed by atoms with E-state index in [4.69, 9.17) is 0 Å². The van der Waals surface area contributed by atoms with E-state index in [-0.39, 0.29) is 5.41 Å². The second kappa shape index (κ2) is 3.46. The minimum absolute atomic E-state index is 0.136. The van der Waals surface area contributed by atoms with Gasteiger partial charge in [-0.25, -0.2) is 0 Å². The van der Waals surface area contributed by atoms with Crippen LogP contribution in [0.2, 0.25) is 0 Å². The maximum atomic E-state index is 2.37. The summed E-state index contributed by atoms with van der Waals surface area (Å²) in [4.78, 5) is 0. The molecule has 1 aromatic rings. The highest BCUT2D eigenvalue weighted by atomic mass is 14.4. The van der Waals surface area contributed by atoms with Crippen molar-refractivity contribution < 1.29 is 0 Å². The quantitative estimate of drug-likeness (QED) is 0.610. The number of aryl methyl sites for hydroxylation is 1. The molecule has 0 heterocycles. The number of hydrogen-bond acceptors (Lipinski definition) is 0. The van der Waals surface area contributed by atoms with Gasteiger partial charge in [0.1, 0.15) is 0 Å². The van der Waals surface area contributed by atoms with Crippen LogP contribution >= 0.6 is 0 Å². The molecule has 1 aromatic carbocycles. The predicted molar refractivity (Wildman–Crippen MR) is 74.0 cm³/mol. The molecule has 0 heteroatoms. The Morgan fingerprint density at radius 1 is 1.12 bits per heavy atom. The molecule has 0 saturated carbocycles. The summed E-state index contributed by atoms with van der Waals surface area (Å²) in [6.07, 6.45) is 11.6. The molecule has 0 saturated heterocycles. The van der Waals surface area contributed by atoms with Gasteiger partial charge in [0.15, 0.2) is 0 Å². The van der Waals surface area contributed by atoms with Crippen LogP contribution in [0.15, 0.2) is 48.1 Å². The number of fused-ring (bicyclic) bond motifs is 3. The van der Waals surface area contributed by atoms with Gasteiger partial charge in [-0.15, -0.1) is 0 Å². The van der Waals surface area contributed by atoms with Gasteiger partial charge in [0.25, 0.3) is 0 Å². The van der Waals surface area contributed by atoms with Gasteiger partial charge in [0.2, 0.25) is 0 Å². The number of rotatable bonds is 0. The third-order valence-corrected chi connectivity index (χ3v) is 4.10. The largest absolute Gasteiger partial charge is 0.0758 e. The summed E-state index contributed by atoms with van der Waals surface area (Å²) in [5.41, 5.74) is 5.67. The van der Waals surface area contributed by atoms with Crippen molar-refractivity contribution in [2.24, 2.45) is 5.92 Å². The Hall–Kier alpha value is -1.56. The summed E-state index contributed by atoms with van der Waals surface area (Å²) in [5, 5.41) is 0. The van der Waals surface area contributed by atoms with E-state index in [1.807, 2.05) is 0 Å². The van der Waals surface area contributed by atoms with E-state index in [1.165, 1.54) is 22.3 Å². The number of allylic oxidation sites excluding steroid dienone is 5. The molecule has 0 nitrogen and oxygen atoms in total. The molecule has 2 aliphatic carbocycles. The maximum absolute atomic E-state index is 2.37. The minimum Gasteiger partial charge on any atom is -0.0758 e. The van der Waals surface area contributed by atoms with Crippen LogP contribution in [0, 0.1) is 12.8 Å². The monoisotopic (exact) mass is 222 g/mol. The minimum atomic E-state index is 0.136. The summed E-state index contributed by atoms with van der Waals surface area (Å²) in [6, 6.07) is 6.80. The molecule has 0 bridgehead atoms. The summed E-state index contributed by atoms with van der Waals surface area (Å²) in [6.45, 7) is 6.67. The Morgan fingerprint density at radius 3 is 2.76 bits per heavy atom. The van der Waals surface area contributed by atoms with Crippen molar-refractivity contribution in [1.29, 1.82) is 0 Å². The third kappa shape index (κ3) is 1.51. The number of benzene rings is 1. The van der Waals surface area contributed by atoms with Crippen molar-refractivity contribution in [1.82, 2.24) is 0 Å². The standard InChI is InChI=1S/C17H18/c1-12-4-7-16-14(10-12)5-6-15-11-13(2)8-9-17(15,16)3/h4-11,15H,1-3H3. The van der Waals surface area contributed by atoms with Gasteiger partial charge in [-0.2, -0.15) is 0 Å². The smallest absolute Gasteiger partial charge is 0.0210 e. The van der Waals surface area contributed by atoms with Crippen LogP contribution in [0.3, 0.4) is 0 Å². The summed E-state index contributed by atoms with van der Waals surface area (Å²) in [7, 11) is 0. The van der Waals surface area contributed by atoms with Crippen LogP contribution in [-0.2, 0) is 5.41 Å². The topological polar surface area (TPSA) is 0 Å². The molecule has 2 aliphatic rings. The van der Waals surface area contributed by atoms with Gasteiger partial charge in [0, 0.05) is 11.3 Å². The molecule has 0 aliphatic heterocycles. The molecular weight excluding hydrogens is 204 g/mol. The van der Waals surface area contributed by atoms with Gasteiger partial charge in [-0.1, -0.05) is 66.6 Å². The highest BCUT2D eigenvalue weighted by Crippen LogP contribution is 2.44. The Labute approximate surface area is 103 Å². The Morgan fingerprint density at radius 2 is 1.94 bits per heavy atom. The normalized spacial score (nSPS) is 29.6. The fourth-order valence-electron chi connectivity index (χ4n) is 2.97. The predicted octanol–water partition coefficient (Wildman–Crippen LogP) is 4.41. The first kappa shape index (κ1) is 10.6. The van der Waals surface area contributed by atoms with Gasteiger partial charge < -0.3 is 0 Å². The van der Waals surface area contributed by atoms with Crippen LogP contribution in [0.1, 0.15) is 30.5 Å². The first-order valence-corrected chi connectivity index (χ1v) is 6.26. The average Bonchev–Trinajstić information content (AvgIpc) is 2.30. The summed E-state index contributed by atoms with van der Waals surface area (Å²) < 4.78 is 0. The lowest BCUT2D eigenvalue weighted by Gasteiger charge is -2.39. The van der Waals surface area contributed by atoms with Crippen molar-refractivity contribution in [3.8, 4) is 0 Å². The fourth-order valence-corrected chi connectivity index (χ4v) is 2.97. The zero-order valence-corrected chi connectivity index (χ0v) is 10.7. The maximum Gasteiger partial charge on any atom is 0.0210 e. The lowest BCUT2D eigenvalue weighted by atomic mass is 9.65. The van der Waals surface area contributed by atoms with Crippen molar-refractivity contribution in [3.63, 3.8) is 0 Å². The van der Waals surface area contributed by atoms with Crippen LogP contribution in [0.4, 0.5) is 0 Å². The van der Waals surface area contributed by atoms with Gasteiger partial charge in [-0.05, 0) is 25.0 Å². The molecule has 2 atom stereocenters. The first-order valence-electron chi connectivity index (χ1n) is 6.26. The van der Waals surface area contributed by atoms with Gasteiger partial charge in [-0.3, -0.25) is 0 Å². The van der Waals surface area contributed by atoms with E-state index in [2.05, 4.69) is 69.4 Å². The Kier molecular flexibility index (Phi) is 2.16. The van der Waals surface area contributed by atoms with Crippen molar-refractivity contribution in [3.05, 3.63) is 64.8 Å². The molecular formula is C17H18. The lowest BCUT2D eigenvalue weighted by molar-refractivity contribution is 0.490. The van der Waals surface area contributed by atoms with Crippen LogP contribution in [0.25, 0.3) is 6.08 Å². The SMILES string of the molecule is CC1=CC2C=Cc3cc(C)ccc3C2(C)C=C1. The zero-order chi connectivity index (χ0) is 12.0. The highest BCUT2D eigenvalue weighted by Gasteiger charge is 2.36. The third-order valence-electron chi connectivity index (χ3n) is 4.10. The van der Waals surface area contributed by atoms with Gasteiger partial charge in [0.05, 0.1) is 0 Å². The molecule has 0 aromatic heterocycles.